The fraction of sp³-hybridized carbons (Fsp3) is 0.455. The van der Waals surface area contributed by atoms with Crippen LogP contribution >= 0.6 is 15.9 Å². The molecule has 0 aliphatic carbocycles. The number of benzene rings is 1. The molecule has 3 nitrogen and oxygen atoms in total. The average molecular weight is 274 g/mol. The summed E-state index contributed by atoms with van der Waals surface area (Å²) in [6.45, 7) is 2.97. The van der Waals surface area contributed by atoms with E-state index in [1.807, 2.05) is 19.1 Å². The van der Waals surface area contributed by atoms with Crippen molar-refractivity contribution >= 4 is 15.9 Å². The van der Waals surface area contributed by atoms with Crippen LogP contribution in [0.5, 0.6) is 5.75 Å². The lowest BCUT2D eigenvalue weighted by Crippen LogP contribution is -2.26. The molecule has 0 bridgehead atoms. The molecule has 0 aliphatic rings. The second-order valence-electron chi connectivity index (χ2n) is 3.58. The number of hydrogen-bond acceptors (Lipinski definition) is 3. The molecule has 0 aliphatic heterocycles. The van der Waals surface area contributed by atoms with Crippen molar-refractivity contribution in [1.82, 2.24) is 5.32 Å². The quantitative estimate of drug-likeness (QED) is 0.770. The molecule has 0 aromatic heterocycles. The Kier molecular flexibility index (Phi) is 5.08. The first kappa shape index (κ1) is 12.5. The fourth-order valence-corrected chi connectivity index (χ4v) is 1.67. The monoisotopic (exact) mass is 273 g/mol. The van der Waals surface area contributed by atoms with Crippen LogP contribution in [0.4, 0.5) is 0 Å². The highest BCUT2D eigenvalue weighted by atomic mass is 79.9. The minimum absolute atomic E-state index is 0.202. The van der Waals surface area contributed by atoms with E-state index in [0.29, 0.717) is 10.5 Å². The molecule has 0 saturated carbocycles. The van der Waals surface area contributed by atoms with Crippen molar-refractivity contribution in [1.29, 1.82) is 0 Å². The summed E-state index contributed by atoms with van der Waals surface area (Å²) < 4.78 is 0.705. The number of nitrogens with one attached hydrogen (secondary N) is 1. The average Bonchev–Trinajstić information content (AvgIpc) is 2.20. The van der Waals surface area contributed by atoms with Crippen molar-refractivity contribution in [2.75, 3.05) is 6.61 Å². The number of aliphatic hydroxyl groups excluding tert-OH is 1. The summed E-state index contributed by atoms with van der Waals surface area (Å²) in [6, 6.07) is 5.72. The van der Waals surface area contributed by atoms with Gasteiger partial charge in [-0.25, -0.2) is 0 Å². The molecule has 0 spiro atoms. The third-order valence-electron chi connectivity index (χ3n) is 2.23. The molecule has 1 atom stereocenters. The van der Waals surface area contributed by atoms with Gasteiger partial charge in [-0.1, -0.05) is 6.07 Å². The van der Waals surface area contributed by atoms with E-state index in [9.17, 15) is 5.11 Å². The van der Waals surface area contributed by atoms with E-state index in [0.717, 1.165) is 18.5 Å². The molecule has 15 heavy (non-hydrogen) atoms. The summed E-state index contributed by atoms with van der Waals surface area (Å²) in [5.74, 6) is 0.252. The predicted octanol–water partition coefficient (Wildman–Crippen LogP) is 2.02. The molecule has 0 amide bonds. The number of aromatic hydroxyl groups is 1. The van der Waals surface area contributed by atoms with Crippen molar-refractivity contribution in [3.8, 4) is 5.75 Å². The van der Waals surface area contributed by atoms with Crippen LogP contribution in [0, 0.1) is 0 Å². The number of rotatable bonds is 5. The van der Waals surface area contributed by atoms with Gasteiger partial charge < -0.3 is 15.5 Å². The Morgan fingerprint density at radius 2 is 2.20 bits per heavy atom. The Bertz CT molecular complexity index is 317. The first-order valence-corrected chi connectivity index (χ1v) is 5.74. The predicted molar refractivity (Wildman–Crippen MR) is 63.8 cm³/mol. The van der Waals surface area contributed by atoms with Crippen molar-refractivity contribution in [2.45, 2.75) is 25.9 Å². The summed E-state index contributed by atoms with van der Waals surface area (Å²) in [5, 5.41) is 21.3. The van der Waals surface area contributed by atoms with E-state index in [2.05, 4.69) is 21.2 Å². The van der Waals surface area contributed by atoms with Gasteiger partial charge in [-0.05, 0) is 47.0 Å². The summed E-state index contributed by atoms with van der Waals surface area (Å²) in [4.78, 5) is 0. The van der Waals surface area contributed by atoms with Gasteiger partial charge in [0.1, 0.15) is 5.75 Å². The summed E-state index contributed by atoms with van der Waals surface area (Å²) >= 11 is 3.27. The van der Waals surface area contributed by atoms with Crippen molar-refractivity contribution in [2.24, 2.45) is 0 Å². The Morgan fingerprint density at radius 1 is 1.47 bits per heavy atom. The molecule has 84 valence electrons. The van der Waals surface area contributed by atoms with Crippen LogP contribution in [0.15, 0.2) is 22.7 Å². The standard InChI is InChI=1S/C11H16BrNO2/c1-8(4-5-14)13-7-9-2-3-11(15)10(12)6-9/h2-3,6,8,13-15H,4-5,7H2,1H3. The lowest BCUT2D eigenvalue weighted by Gasteiger charge is -2.12. The molecule has 0 radical (unpaired) electrons. The normalized spacial score (nSPS) is 12.7. The van der Waals surface area contributed by atoms with E-state index in [1.165, 1.54) is 0 Å². The zero-order valence-corrected chi connectivity index (χ0v) is 10.3. The van der Waals surface area contributed by atoms with Crippen LogP contribution in [0.25, 0.3) is 0 Å². The van der Waals surface area contributed by atoms with Crippen LogP contribution in [0.3, 0.4) is 0 Å². The van der Waals surface area contributed by atoms with Gasteiger partial charge in [0.15, 0.2) is 0 Å². The van der Waals surface area contributed by atoms with Crippen molar-refractivity contribution in [3.05, 3.63) is 28.2 Å². The molecule has 3 N–H and O–H groups in total. The molecule has 1 unspecified atom stereocenters. The van der Waals surface area contributed by atoms with Crippen LogP contribution in [-0.2, 0) is 6.54 Å². The van der Waals surface area contributed by atoms with Crippen molar-refractivity contribution in [3.63, 3.8) is 0 Å². The van der Waals surface area contributed by atoms with Crippen LogP contribution < -0.4 is 5.32 Å². The molecular formula is C11H16BrNO2. The number of halogens is 1. The Labute approximate surface area is 98.3 Å². The van der Waals surface area contributed by atoms with Crippen molar-refractivity contribution < 1.29 is 10.2 Å². The van der Waals surface area contributed by atoms with E-state index < -0.39 is 0 Å². The minimum atomic E-state index is 0.202. The molecule has 1 aromatic carbocycles. The first-order chi connectivity index (χ1) is 7.13. The molecule has 0 saturated heterocycles. The van der Waals surface area contributed by atoms with Gasteiger partial charge >= 0.3 is 0 Å². The molecule has 0 heterocycles. The van der Waals surface area contributed by atoms with E-state index in [1.54, 1.807) is 6.07 Å². The number of phenolic OH excluding ortho intramolecular Hbond substituents is 1. The van der Waals surface area contributed by atoms with Gasteiger partial charge in [-0.2, -0.15) is 0 Å². The summed E-state index contributed by atoms with van der Waals surface area (Å²) in [7, 11) is 0. The maximum absolute atomic E-state index is 9.31. The fourth-order valence-electron chi connectivity index (χ4n) is 1.25. The van der Waals surface area contributed by atoms with Gasteiger partial charge in [0.05, 0.1) is 4.47 Å². The maximum Gasteiger partial charge on any atom is 0.129 e. The Balaban J connectivity index is 2.47. The minimum Gasteiger partial charge on any atom is -0.507 e. The first-order valence-electron chi connectivity index (χ1n) is 4.95. The third kappa shape index (κ3) is 4.20. The van der Waals surface area contributed by atoms with Crippen LogP contribution in [0.1, 0.15) is 18.9 Å². The second kappa shape index (κ2) is 6.10. The summed E-state index contributed by atoms with van der Waals surface area (Å²) in [6.07, 6.45) is 0.749. The molecule has 1 aromatic rings. The van der Waals surface area contributed by atoms with E-state index >= 15 is 0 Å². The molecule has 1 rings (SSSR count). The number of aliphatic hydroxyl groups is 1. The highest BCUT2D eigenvalue weighted by molar-refractivity contribution is 9.10. The zero-order chi connectivity index (χ0) is 11.3. The Hall–Kier alpha value is -0.580. The maximum atomic E-state index is 9.31. The molecular weight excluding hydrogens is 258 g/mol. The number of hydrogen-bond donors (Lipinski definition) is 3. The third-order valence-corrected chi connectivity index (χ3v) is 2.86. The van der Waals surface area contributed by atoms with Gasteiger partial charge in [-0.3, -0.25) is 0 Å². The smallest absolute Gasteiger partial charge is 0.129 e. The molecule has 0 fully saturated rings. The number of phenols is 1. The largest absolute Gasteiger partial charge is 0.507 e. The lowest BCUT2D eigenvalue weighted by atomic mass is 10.2. The van der Waals surface area contributed by atoms with Gasteiger partial charge in [0.25, 0.3) is 0 Å². The van der Waals surface area contributed by atoms with Gasteiger partial charge in [0.2, 0.25) is 0 Å². The Morgan fingerprint density at radius 3 is 2.80 bits per heavy atom. The lowest BCUT2D eigenvalue weighted by molar-refractivity contribution is 0.268. The van der Waals surface area contributed by atoms with Crippen LogP contribution in [0.2, 0.25) is 0 Å². The zero-order valence-electron chi connectivity index (χ0n) is 8.70. The topological polar surface area (TPSA) is 52.5 Å². The second-order valence-corrected chi connectivity index (χ2v) is 4.43. The SMILES string of the molecule is CC(CCO)NCc1ccc(O)c(Br)c1. The van der Waals surface area contributed by atoms with Gasteiger partial charge in [-0.15, -0.1) is 0 Å². The summed E-state index contributed by atoms with van der Waals surface area (Å²) in [5.41, 5.74) is 1.10. The van der Waals surface area contributed by atoms with E-state index in [4.69, 9.17) is 5.11 Å². The van der Waals surface area contributed by atoms with Gasteiger partial charge in [0, 0.05) is 19.2 Å². The molecule has 4 heteroatoms. The van der Waals surface area contributed by atoms with E-state index in [-0.39, 0.29) is 12.4 Å². The highest BCUT2D eigenvalue weighted by Gasteiger charge is 2.02. The van der Waals surface area contributed by atoms with Crippen LogP contribution in [-0.4, -0.2) is 22.9 Å². The highest BCUT2D eigenvalue weighted by Crippen LogP contribution is 2.24.